The molecule has 6 rings (SSSR count). The van der Waals surface area contributed by atoms with Crippen molar-refractivity contribution in [2.75, 3.05) is 11.5 Å². The van der Waals surface area contributed by atoms with Gasteiger partial charge in [0.15, 0.2) is 14.3 Å². The summed E-state index contributed by atoms with van der Waals surface area (Å²) in [6.07, 6.45) is 0.673. The van der Waals surface area contributed by atoms with E-state index in [4.69, 9.17) is 5.73 Å². The van der Waals surface area contributed by atoms with Crippen LogP contribution in [-0.2, 0) is 56.5 Å². The molecule has 0 aromatic heterocycles. The Morgan fingerprint density at radius 3 is 1.07 bits per heavy atom. The standard InChI is InChI=1S/2C22H30I.C12H16F9NO4S2.C8H10N2O3S/c2*1-7-21(3,4)17-9-13-19(14-10-17)23-20-15-11-18(12-16-20)22(5,6)8-2;13-9(14,11(17,18)19)10(15,16)12(20,21)28(25,26)22-27(23,24)7-6-8-4-2-1-3-5-8;1-6(11)10-14(12,13)8-4-2-7(9)3-5-8/h2*9-16H,7-8H2,1-6H3;8,22H,1-7H2;2-5H,9H2,1H3,(H,10,11)/q2*+1;;. The number of carbonyl (C=O) groups is 1. The van der Waals surface area contributed by atoms with Crippen LogP contribution in [0.2, 0.25) is 0 Å². The van der Waals surface area contributed by atoms with Crippen molar-refractivity contribution in [3.63, 3.8) is 0 Å². The minimum Gasteiger partial charge on any atom is -0.399 e. The molecule has 0 radical (unpaired) electrons. The third-order valence-corrected chi connectivity index (χ3v) is 26.6. The molecule has 0 atom stereocenters. The average molecular weight is 1530 g/mol. The SMILES string of the molecule is CC(=O)NS(=O)(=O)c1ccc(N)cc1.CCC(C)(C)c1ccc([I+]c2ccc(C(C)(C)CC)cc2)cc1.CCC(C)(C)c1ccc([I+]c2ccc(C(C)(C)CC)cc2)cc1.O=S(=O)(CCC1CCCCC1)NS(=O)(=O)C(F)(F)C(F)(F)C(F)(F)C(F)(F)F. The van der Waals surface area contributed by atoms with Crippen LogP contribution < -0.4 is 57.0 Å². The van der Waals surface area contributed by atoms with Crippen LogP contribution in [0.1, 0.15) is 176 Å². The van der Waals surface area contributed by atoms with Gasteiger partial charge in [-0.25, -0.2) is 30.0 Å². The molecule has 1 saturated carbocycles. The molecule has 5 aromatic rings. The van der Waals surface area contributed by atoms with E-state index in [1.807, 2.05) is 4.72 Å². The lowest BCUT2D eigenvalue weighted by molar-refractivity contribution is -0.597. The molecule has 0 unspecified atom stereocenters. The van der Waals surface area contributed by atoms with Crippen LogP contribution >= 0.6 is 0 Å². The Hall–Kier alpha value is -3.99. The normalized spacial score (nSPS) is 14.3. The number of amides is 1. The molecule has 1 fully saturated rings. The number of nitrogens with two attached hydrogens (primary N) is 1. The lowest BCUT2D eigenvalue weighted by Gasteiger charge is -2.32. The second kappa shape index (κ2) is 31.6. The van der Waals surface area contributed by atoms with Gasteiger partial charge in [-0.2, -0.15) is 39.5 Å². The second-order valence-corrected chi connectivity index (χ2v) is 35.8. The maximum Gasteiger partial charge on any atom is 0.460 e. The van der Waals surface area contributed by atoms with Crippen LogP contribution in [0.25, 0.3) is 0 Å². The molecule has 1 aliphatic rings. The number of sulfonamides is 3. The Kier molecular flexibility index (Phi) is 28.1. The van der Waals surface area contributed by atoms with Crippen molar-refractivity contribution in [2.24, 2.45) is 5.92 Å². The van der Waals surface area contributed by atoms with E-state index in [2.05, 4.69) is 180 Å². The highest BCUT2D eigenvalue weighted by atomic mass is 127. The molecule has 24 heteroatoms. The number of halogens is 11. The highest BCUT2D eigenvalue weighted by molar-refractivity contribution is 8.05. The maximum absolute atomic E-state index is 13.5. The zero-order valence-electron chi connectivity index (χ0n) is 52.2. The fourth-order valence-electron chi connectivity index (χ4n) is 8.41. The highest BCUT2D eigenvalue weighted by Crippen LogP contribution is 2.54. The third kappa shape index (κ3) is 21.8. The molecule has 0 spiro atoms. The smallest absolute Gasteiger partial charge is 0.399 e. The van der Waals surface area contributed by atoms with Gasteiger partial charge in [0.1, 0.15) is 0 Å². The summed E-state index contributed by atoms with van der Waals surface area (Å²) in [5, 5.41) is -7.09. The fraction of sp³-hybridized carbons (Fsp3) is 0.516. The van der Waals surface area contributed by atoms with Crippen LogP contribution in [0.5, 0.6) is 0 Å². The topological polar surface area (TPSA) is 170 Å². The first-order chi connectivity index (χ1) is 40.3. The van der Waals surface area contributed by atoms with Gasteiger partial charge < -0.3 is 5.73 Å². The molecule has 0 aliphatic heterocycles. The molecule has 0 heterocycles. The van der Waals surface area contributed by atoms with Crippen LogP contribution in [0, 0.1) is 20.2 Å². The summed E-state index contributed by atoms with van der Waals surface area (Å²) in [7, 11) is -16.1. The Labute approximate surface area is 537 Å². The van der Waals surface area contributed by atoms with Crippen molar-refractivity contribution in [3.05, 3.63) is 158 Å². The largest absolute Gasteiger partial charge is 0.460 e. The number of rotatable bonds is 22. The lowest BCUT2D eigenvalue weighted by Crippen LogP contribution is -3.61. The van der Waals surface area contributed by atoms with Crippen LogP contribution in [-0.4, -0.2) is 60.2 Å². The average Bonchev–Trinajstić information content (AvgIpc) is 0.775. The predicted molar refractivity (Wildman–Crippen MR) is 324 cm³/mol. The number of hydrogen-bond donors (Lipinski definition) is 3. The van der Waals surface area contributed by atoms with Crippen LogP contribution in [0.3, 0.4) is 0 Å². The molecule has 0 bridgehead atoms. The van der Waals surface area contributed by atoms with Crippen molar-refractivity contribution >= 4 is 41.7 Å². The quantitative estimate of drug-likeness (QED) is 0.0350. The lowest BCUT2D eigenvalue weighted by atomic mass is 9.82. The number of anilines is 1. The van der Waals surface area contributed by atoms with Gasteiger partial charge in [0.25, 0.3) is 20.0 Å². The van der Waals surface area contributed by atoms with Crippen molar-refractivity contribution in [1.29, 1.82) is 0 Å². The minimum atomic E-state index is -7.48. The van der Waals surface area contributed by atoms with E-state index in [0.29, 0.717) is 18.5 Å². The summed E-state index contributed by atoms with van der Waals surface area (Å²) in [5.41, 5.74) is 12.8. The van der Waals surface area contributed by atoms with Gasteiger partial charge >= 0.3 is 65.7 Å². The molecular formula is C64H86F9I2N3O7S3+2. The third-order valence-electron chi connectivity index (χ3n) is 16.2. The van der Waals surface area contributed by atoms with Gasteiger partial charge in [-0.05, 0) is 155 Å². The van der Waals surface area contributed by atoms with E-state index in [-0.39, 0.29) is 85.4 Å². The summed E-state index contributed by atoms with van der Waals surface area (Å²) in [6.45, 7) is 28.8. The van der Waals surface area contributed by atoms with E-state index in [1.165, 1.54) is 86.5 Å². The fourth-order valence-corrected chi connectivity index (χ4v) is 16.9. The Balaban J connectivity index is 0.000000314. The molecule has 492 valence electrons. The Morgan fingerprint density at radius 2 is 0.795 bits per heavy atom. The summed E-state index contributed by atoms with van der Waals surface area (Å²) in [6, 6.07) is 42.9. The number of hydrogen-bond acceptors (Lipinski definition) is 8. The van der Waals surface area contributed by atoms with E-state index >= 15 is 0 Å². The van der Waals surface area contributed by atoms with Gasteiger partial charge in [0, 0.05) is 12.6 Å². The molecular weight excluding hydrogens is 1440 g/mol. The van der Waals surface area contributed by atoms with E-state index in [0.717, 1.165) is 26.2 Å². The number of benzene rings is 5. The maximum atomic E-state index is 13.5. The first-order valence-electron chi connectivity index (χ1n) is 28.8. The summed E-state index contributed by atoms with van der Waals surface area (Å²) in [4.78, 5) is 10.6. The second-order valence-electron chi connectivity index (χ2n) is 24.3. The number of carbonyl (C=O) groups excluding carboxylic acids is 1. The van der Waals surface area contributed by atoms with Crippen LogP contribution in [0.15, 0.2) is 126 Å². The Morgan fingerprint density at radius 1 is 0.489 bits per heavy atom. The van der Waals surface area contributed by atoms with Gasteiger partial charge in [-0.15, -0.1) is 4.13 Å². The van der Waals surface area contributed by atoms with E-state index in [9.17, 15) is 69.6 Å². The van der Waals surface area contributed by atoms with Gasteiger partial charge in [-0.3, -0.25) is 4.79 Å². The summed E-state index contributed by atoms with van der Waals surface area (Å²) in [5.74, 6) is -16.9. The zero-order chi connectivity index (χ0) is 67.2. The molecule has 1 amide bonds. The van der Waals surface area contributed by atoms with Crippen molar-refractivity contribution in [2.45, 2.75) is 204 Å². The number of nitrogen functional groups attached to an aromatic ring is 1. The van der Waals surface area contributed by atoms with Crippen LogP contribution in [0.4, 0.5) is 45.2 Å². The van der Waals surface area contributed by atoms with E-state index in [1.54, 1.807) is 0 Å². The molecule has 10 nitrogen and oxygen atoms in total. The van der Waals surface area contributed by atoms with Gasteiger partial charge in [0.05, 0.1) is 10.6 Å². The number of alkyl halides is 9. The molecule has 1 aliphatic carbocycles. The van der Waals surface area contributed by atoms with Crippen molar-refractivity contribution < 1.29 is 112 Å². The molecule has 5 aromatic carbocycles. The summed E-state index contributed by atoms with van der Waals surface area (Å²) < 4.78 is 192. The number of nitrogens with one attached hydrogen (secondary N) is 2. The first-order valence-corrected chi connectivity index (χ1v) is 37.8. The summed E-state index contributed by atoms with van der Waals surface area (Å²) >= 11 is -0.159. The van der Waals surface area contributed by atoms with Crippen molar-refractivity contribution in [3.8, 4) is 0 Å². The first kappa shape index (κ1) is 78.3. The predicted octanol–water partition coefficient (Wildman–Crippen LogP) is 10.1. The van der Waals surface area contributed by atoms with E-state index < -0.39 is 65.0 Å². The van der Waals surface area contributed by atoms with Gasteiger partial charge in [0.2, 0.25) is 15.9 Å². The molecule has 88 heavy (non-hydrogen) atoms. The zero-order valence-corrected chi connectivity index (χ0v) is 59.0. The Bertz CT molecular complexity index is 3130. The minimum absolute atomic E-state index is 0.0156. The highest BCUT2D eigenvalue weighted by Gasteiger charge is 2.85. The molecule has 4 N–H and O–H groups in total. The van der Waals surface area contributed by atoms with Gasteiger partial charge in [-0.1, -0.05) is 164 Å². The van der Waals surface area contributed by atoms with Crippen molar-refractivity contribution in [1.82, 2.24) is 8.85 Å². The monoisotopic (exact) mass is 1530 g/mol. The molecule has 0 saturated heterocycles.